The molecule has 30 heavy (non-hydrogen) atoms. The average molecular weight is 445 g/mol. The Morgan fingerprint density at radius 1 is 1.23 bits per heavy atom. The van der Waals surface area contributed by atoms with Gasteiger partial charge in [0.15, 0.2) is 0 Å². The summed E-state index contributed by atoms with van der Waals surface area (Å²) in [5, 5.41) is 4.60. The Kier molecular flexibility index (Phi) is 6.07. The quantitative estimate of drug-likeness (QED) is 0.626. The van der Waals surface area contributed by atoms with Gasteiger partial charge in [0.25, 0.3) is 10.0 Å². The molecule has 10 heteroatoms. The van der Waals surface area contributed by atoms with E-state index in [1.807, 2.05) is 0 Å². The lowest BCUT2D eigenvalue weighted by atomic mass is 9.98. The second-order valence-electron chi connectivity index (χ2n) is 6.80. The molecule has 1 saturated heterocycles. The number of hydrogen-bond donors (Lipinski definition) is 1. The first-order valence-corrected chi connectivity index (χ1v) is 11.7. The Bertz CT molecular complexity index is 1100. The zero-order chi connectivity index (χ0) is 21.0. The number of thiophene rings is 1. The van der Waals surface area contributed by atoms with Crippen molar-refractivity contribution in [1.82, 2.24) is 14.3 Å². The van der Waals surface area contributed by atoms with Crippen LogP contribution in [0.4, 0.5) is 5.69 Å². The van der Waals surface area contributed by atoms with Crippen LogP contribution in [0.5, 0.6) is 11.6 Å². The lowest BCUT2D eigenvalue weighted by Crippen LogP contribution is -2.43. The van der Waals surface area contributed by atoms with Crippen molar-refractivity contribution in [2.24, 2.45) is 5.92 Å². The fraction of sp³-hybridized carbons (Fsp3) is 0.250. The Morgan fingerprint density at radius 2 is 2.13 bits per heavy atom. The lowest BCUT2D eigenvalue weighted by Gasteiger charge is -2.30. The number of sulfonamides is 1. The number of amides is 1. The highest BCUT2D eigenvalue weighted by Gasteiger charge is 2.33. The van der Waals surface area contributed by atoms with Gasteiger partial charge in [-0.15, -0.1) is 11.3 Å². The summed E-state index contributed by atoms with van der Waals surface area (Å²) in [4.78, 5) is 20.8. The van der Waals surface area contributed by atoms with Crippen LogP contribution in [0.2, 0.25) is 0 Å². The lowest BCUT2D eigenvalue weighted by molar-refractivity contribution is -0.120. The van der Waals surface area contributed by atoms with E-state index in [0.717, 1.165) is 0 Å². The van der Waals surface area contributed by atoms with Crippen molar-refractivity contribution in [2.45, 2.75) is 17.1 Å². The van der Waals surface area contributed by atoms with Gasteiger partial charge in [0, 0.05) is 37.2 Å². The minimum absolute atomic E-state index is 0.169. The van der Waals surface area contributed by atoms with Gasteiger partial charge >= 0.3 is 0 Å². The predicted molar refractivity (Wildman–Crippen MR) is 113 cm³/mol. The molecular formula is C20H20N4O4S2. The number of anilines is 1. The molecule has 1 amide bonds. The van der Waals surface area contributed by atoms with E-state index >= 15 is 0 Å². The molecule has 0 spiro atoms. The first kappa shape index (κ1) is 20.5. The van der Waals surface area contributed by atoms with Gasteiger partial charge in [-0.05, 0) is 36.4 Å². The molecule has 1 atom stereocenters. The van der Waals surface area contributed by atoms with Gasteiger partial charge in [-0.2, -0.15) is 4.31 Å². The van der Waals surface area contributed by atoms with Gasteiger partial charge in [0.05, 0.1) is 12.1 Å². The molecule has 0 bridgehead atoms. The number of ether oxygens (including phenoxy) is 1. The number of hydrogen-bond acceptors (Lipinski definition) is 7. The molecule has 0 saturated carbocycles. The maximum Gasteiger partial charge on any atom is 0.252 e. The zero-order valence-corrected chi connectivity index (χ0v) is 17.6. The van der Waals surface area contributed by atoms with Crippen molar-refractivity contribution in [3.63, 3.8) is 0 Å². The van der Waals surface area contributed by atoms with Gasteiger partial charge in [0.1, 0.15) is 9.96 Å². The number of nitrogens with zero attached hydrogens (tertiary/aromatic N) is 3. The molecule has 0 radical (unpaired) electrons. The number of carbonyl (C=O) groups excluding carboxylic acids is 1. The molecular weight excluding hydrogens is 424 g/mol. The van der Waals surface area contributed by atoms with Crippen LogP contribution in [0, 0.1) is 5.92 Å². The fourth-order valence-electron chi connectivity index (χ4n) is 3.25. The highest BCUT2D eigenvalue weighted by atomic mass is 32.2. The normalized spacial score (nSPS) is 17.4. The van der Waals surface area contributed by atoms with Gasteiger partial charge in [0.2, 0.25) is 11.8 Å². The second kappa shape index (κ2) is 8.90. The van der Waals surface area contributed by atoms with Crippen LogP contribution in [0.3, 0.4) is 0 Å². The van der Waals surface area contributed by atoms with Crippen LogP contribution >= 0.6 is 11.3 Å². The third kappa shape index (κ3) is 4.66. The van der Waals surface area contributed by atoms with Crippen molar-refractivity contribution in [3.05, 3.63) is 60.4 Å². The largest absolute Gasteiger partial charge is 0.437 e. The standard InChI is InChI=1S/C20H20N4O4S2/c25-20(15-4-2-10-24(14-15)30(26,27)19-7-3-11-29-19)23-16-5-1-6-17(12-16)28-18-13-21-8-9-22-18/h1,3,5-9,11-13,15H,2,4,10,14H2,(H,23,25). The summed E-state index contributed by atoms with van der Waals surface area (Å²) in [6, 6.07) is 10.3. The average Bonchev–Trinajstić information content (AvgIpc) is 3.31. The van der Waals surface area contributed by atoms with Gasteiger partial charge in [-0.3, -0.25) is 9.78 Å². The van der Waals surface area contributed by atoms with E-state index in [4.69, 9.17) is 4.74 Å². The fourth-order valence-corrected chi connectivity index (χ4v) is 5.92. The van der Waals surface area contributed by atoms with Crippen molar-refractivity contribution in [3.8, 4) is 11.6 Å². The molecule has 1 aliphatic rings. The number of nitrogens with one attached hydrogen (secondary N) is 1. The van der Waals surface area contributed by atoms with Crippen LogP contribution in [0.25, 0.3) is 0 Å². The summed E-state index contributed by atoms with van der Waals surface area (Å²) in [7, 11) is -3.56. The molecule has 2 aromatic heterocycles. The molecule has 0 aliphatic carbocycles. The SMILES string of the molecule is O=C(Nc1cccc(Oc2cnccn2)c1)C1CCCN(S(=O)(=O)c2cccs2)C1. The summed E-state index contributed by atoms with van der Waals surface area (Å²) in [5.74, 6) is 0.234. The Labute approximate surface area is 178 Å². The van der Waals surface area contributed by atoms with E-state index < -0.39 is 15.9 Å². The third-order valence-corrected chi connectivity index (χ3v) is 7.95. The maximum atomic E-state index is 12.8. The second-order valence-corrected chi connectivity index (χ2v) is 9.91. The van der Waals surface area contributed by atoms with E-state index in [9.17, 15) is 13.2 Å². The van der Waals surface area contributed by atoms with Gasteiger partial charge in [-0.25, -0.2) is 13.4 Å². The van der Waals surface area contributed by atoms with Crippen molar-refractivity contribution < 1.29 is 17.9 Å². The Morgan fingerprint density at radius 3 is 2.90 bits per heavy atom. The minimum atomic E-state index is -3.56. The number of carbonyl (C=O) groups is 1. The summed E-state index contributed by atoms with van der Waals surface area (Å²) < 4.78 is 32.9. The van der Waals surface area contributed by atoms with Crippen molar-refractivity contribution in [1.29, 1.82) is 0 Å². The van der Waals surface area contributed by atoms with E-state index in [-0.39, 0.29) is 12.5 Å². The molecule has 1 aromatic carbocycles. The highest BCUT2D eigenvalue weighted by molar-refractivity contribution is 7.91. The number of aromatic nitrogens is 2. The number of benzene rings is 1. The Balaban J connectivity index is 1.42. The summed E-state index contributed by atoms with van der Waals surface area (Å²) in [5.41, 5.74) is 0.569. The minimum Gasteiger partial charge on any atom is -0.437 e. The summed E-state index contributed by atoms with van der Waals surface area (Å²) in [6.07, 6.45) is 5.85. The van der Waals surface area contributed by atoms with E-state index in [2.05, 4.69) is 15.3 Å². The molecule has 4 rings (SSSR count). The summed E-state index contributed by atoms with van der Waals surface area (Å²) in [6.45, 7) is 0.591. The van der Waals surface area contributed by atoms with Crippen LogP contribution in [0.15, 0.2) is 64.6 Å². The summed E-state index contributed by atoms with van der Waals surface area (Å²) >= 11 is 1.18. The molecule has 1 aliphatic heterocycles. The van der Waals surface area contributed by atoms with E-state index in [0.29, 0.717) is 40.9 Å². The van der Waals surface area contributed by atoms with Gasteiger partial charge < -0.3 is 10.1 Å². The van der Waals surface area contributed by atoms with Crippen molar-refractivity contribution in [2.75, 3.05) is 18.4 Å². The third-order valence-electron chi connectivity index (χ3n) is 4.71. The molecule has 1 fully saturated rings. The highest BCUT2D eigenvalue weighted by Crippen LogP contribution is 2.28. The molecule has 3 aromatic rings. The molecule has 8 nitrogen and oxygen atoms in total. The zero-order valence-electron chi connectivity index (χ0n) is 16.0. The smallest absolute Gasteiger partial charge is 0.252 e. The molecule has 1 N–H and O–H groups in total. The van der Waals surface area contributed by atoms with Gasteiger partial charge in [-0.1, -0.05) is 12.1 Å². The van der Waals surface area contributed by atoms with Crippen LogP contribution in [0.1, 0.15) is 12.8 Å². The topological polar surface area (TPSA) is 101 Å². The van der Waals surface area contributed by atoms with Crippen LogP contribution < -0.4 is 10.1 Å². The van der Waals surface area contributed by atoms with E-state index in [1.54, 1.807) is 48.0 Å². The van der Waals surface area contributed by atoms with Crippen LogP contribution in [-0.2, 0) is 14.8 Å². The number of rotatable bonds is 6. The monoisotopic (exact) mass is 444 g/mol. The Hall–Kier alpha value is -2.82. The van der Waals surface area contributed by atoms with Crippen LogP contribution in [-0.4, -0.2) is 41.7 Å². The van der Waals surface area contributed by atoms with E-state index in [1.165, 1.54) is 28.0 Å². The first-order valence-electron chi connectivity index (χ1n) is 9.41. The number of piperidine rings is 1. The predicted octanol–water partition coefficient (Wildman–Crippen LogP) is 3.37. The van der Waals surface area contributed by atoms with Crippen molar-refractivity contribution >= 4 is 33.0 Å². The molecule has 3 heterocycles. The molecule has 1 unspecified atom stereocenters. The molecule has 156 valence electrons. The maximum absolute atomic E-state index is 12.8. The first-order chi connectivity index (χ1) is 14.5.